The number of carbonyl (C=O) groups excluding carboxylic acids is 2. The summed E-state index contributed by atoms with van der Waals surface area (Å²) in [6.07, 6.45) is 0. The van der Waals surface area contributed by atoms with E-state index in [9.17, 15) is 9.59 Å². The Hall–Kier alpha value is -0.900. The molecule has 0 aromatic rings. The minimum Gasteiger partial charge on any atom is -0.339 e. The first-order valence-electron chi connectivity index (χ1n) is 3.55. The van der Waals surface area contributed by atoms with E-state index in [2.05, 4.69) is 0 Å². The molecule has 0 aliphatic carbocycles. The molecule has 0 fully saturated rings. The van der Waals surface area contributed by atoms with Crippen molar-refractivity contribution in [2.24, 2.45) is 5.73 Å². The molecule has 0 heterocycles. The Morgan fingerprint density at radius 3 is 2.27 bits per heavy atom. The van der Waals surface area contributed by atoms with Crippen LogP contribution in [0.5, 0.6) is 0 Å². The molecule has 4 nitrogen and oxygen atoms in total. The van der Waals surface area contributed by atoms with Crippen LogP contribution in [0, 0.1) is 0 Å². The lowest BCUT2D eigenvalue weighted by Crippen LogP contribution is -2.41. The van der Waals surface area contributed by atoms with Gasteiger partial charge in [-0.2, -0.15) is 0 Å². The fourth-order valence-electron chi connectivity index (χ4n) is 0.526. The summed E-state index contributed by atoms with van der Waals surface area (Å²) in [7, 11) is 1.57. The minimum atomic E-state index is -0.698. The molecule has 0 spiro atoms. The van der Waals surface area contributed by atoms with Crippen LogP contribution in [0.25, 0.3) is 0 Å². The van der Waals surface area contributed by atoms with Gasteiger partial charge in [0.1, 0.15) is 0 Å². The van der Waals surface area contributed by atoms with Gasteiger partial charge in [-0.1, -0.05) is 0 Å². The van der Waals surface area contributed by atoms with Crippen molar-refractivity contribution in [1.29, 1.82) is 0 Å². The number of ketones is 1. The van der Waals surface area contributed by atoms with E-state index in [1.165, 1.54) is 11.8 Å². The van der Waals surface area contributed by atoms with Gasteiger partial charge in [0.05, 0.1) is 6.04 Å². The van der Waals surface area contributed by atoms with Crippen LogP contribution in [-0.2, 0) is 9.59 Å². The van der Waals surface area contributed by atoms with E-state index >= 15 is 0 Å². The normalized spacial score (nSPS) is 12.4. The van der Waals surface area contributed by atoms with Gasteiger partial charge in [0.25, 0.3) is 5.91 Å². The number of hydrogen-bond acceptors (Lipinski definition) is 3. The molecule has 2 N–H and O–H groups in total. The van der Waals surface area contributed by atoms with Crippen molar-refractivity contribution in [3.05, 3.63) is 0 Å². The highest BCUT2D eigenvalue weighted by atomic mass is 16.2. The Morgan fingerprint density at radius 2 is 2.00 bits per heavy atom. The molecule has 0 bridgehead atoms. The first-order valence-corrected chi connectivity index (χ1v) is 3.55. The molecule has 0 saturated heterocycles. The van der Waals surface area contributed by atoms with E-state index in [-0.39, 0.29) is 0 Å². The topological polar surface area (TPSA) is 63.4 Å². The van der Waals surface area contributed by atoms with Crippen LogP contribution in [0.3, 0.4) is 0 Å². The van der Waals surface area contributed by atoms with E-state index in [0.717, 1.165) is 0 Å². The standard InChI is InChI=1S/C7H14N2O2/c1-4-9(3)7(11)6(10)5(2)8/h5H,4,8H2,1-3H3. The number of nitrogens with zero attached hydrogens (tertiary/aromatic N) is 1. The average molecular weight is 158 g/mol. The lowest BCUT2D eigenvalue weighted by molar-refractivity contribution is -0.144. The van der Waals surface area contributed by atoms with Gasteiger partial charge in [-0.25, -0.2) is 0 Å². The quantitative estimate of drug-likeness (QED) is 0.557. The fourth-order valence-corrected chi connectivity index (χ4v) is 0.526. The fraction of sp³-hybridized carbons (Fsp3) is 0.714. The van der Waals surface area contributed by atoms with Gasteiger partial charge in [0.2, 0.25) is 5.78 Å². The summed E-state index contributed by atoms with van der Waals surface area (Å²) in [5.74, 6) is -1.04. The van der Waals surface area contributed by atoms with Gasteiger partial charge in [0.15, 0.2) is 0 Å². The van der Waals surface area contributed by atoms with Crippen molar-refractivity contribution in [2.45, 2.75) is 19.9 Å². The summed E-state index contributed by atoms with van der Waals surface area (Å²) < 4.78 is 0. The van der Waals surface area contributed by atoms with E-state index in [0.29, 0.717) is 6.54 Å². The molecular formula is C7H14N2O2. The number of carbonyl (C=O) groups is 2. The summed E-state index contributed by atoms with van der Waals surface area (Å²) in [6, 6.07) is -0.698. The van der Waals surface area contributed by atoms with Crippen LogP contribution in [-0.4, -0.2) is 36.2 Å². The highest BCUT2D eigenvalue weighted by Gasteiger charge is 2.20. The zero-order valence-corrected chi connectivity index (χ0v) is 7.13. The highest BCUT2D eigenvalue weighted by Crippen LogP contribution is 1.88. The summed E-state index contributed by atoms with van der Waals surface area (Å²) >= 11 is 0. The Labute approximate surface area is 66.4 Å². The molecule has 0 rings (SSSR count). The largest absolute Gasteiger partial charge is 0.339 e. The number of Topliss-reactive ketones (excluding diaryl/α,β-unsaturated/α-hetero) is 1. The van der Waals surface area contributed by atoms with Gasteiger partial charge >= 0.3 is 0 Å². The van der Waals surface area contributed by atoms with Crippen LogP contribution < -0.4 is 5.73 Å². The van der Waals surface area contributed by atoms with Crippen LogP contribution in [0.15, 0.2) is 0 Å². The molecule has 0 saturated carbocycles. The van der Waals surface area contributed by atoms with Crippen molar-refractivity contribution in [3.8, 4) is 0 Å². The molecule has 64 valence electrons. The van der Waals surface area contributed by atoms with Gasteiger partial charge < -0.3 is 10.6 Å². The predicted octanol–water partition coefficient (Wildman–Crippen LogP) is -0.619. The van der Waals surface area contributed by atoms with Crippen LogP contribution in [0.2, 0.25) is 0 Å². The van der Waals surface area contributed by atoms with Crippen molar-refractivity contribution >= 4 is 11.7 Å². The SMILES string of the molecule is CCN(C)C(=O)C(=O)C(C)N. The molecule has 0 aliphatic rings. The van der Waals surface area contributed by atoms with Crippen LogP contribution >= 0.6 is 0 Å². The third-order valence-corrected chi connectivity index (χ3v) is 1.45. The first-order chi connectivity index (χ1) is 5.00. The average Bonchev–Trinajstić information content (AvgIpc) is 2.00. The second-order valence-corrected chi connectivity index (χ2v) is 2.47. The Morgan fingerprint density at radius 1 is 1.55 bits per heavy atom. The van der Waals surface area contributed by atoms with Crippen molar-refractivity contribution in [2.75, 3.05) is 13.6 Å². The monoisotopic (exact) mass is 158 g/mol. The Balaban J connectivity index is 4.14. The van der Waals surface area contributed by atoms with E-state index in [4.69, 9.17) is 5.73 Å². The molecule has 1 atom stereocenters. The molecule has 4 heteroatoms. The smallest absolute Gasteiger partial charge is 0.291 e. The Bertz CT molecular complexity index is 166. The van der Waals surface area contributed by atoms with Gasteiger partial charge in [0, 0.05) is 13.6 Å². The minimum absolute atomic E-state index is 0.512. The lowest BCUT2D eigenvalue weighted by atomic mass is 10.2. The molecule has 11 heavy (non-hydrogen) atoms. The maximum absolute atomic E-state index is 11.0. The van der Waals surface area contributed by atoms with Crippen molar-refractivity contribution in [1.82, 2.24) is 4.90 Å². The summed E-state index contributed by atoms with van der Waals surface area (Å²) in [5, 5.41) is 0. The van der Waals surface area contributed by atoms with Crippen molar-refractivity contribution in [3.63, 3.8) is 0 Å². The molecular weight excluding hydrogens is 144 g/mol. The molecule has 1 amide bonds. The number of likely N-dealkylation sites (N-methyl/N-ethyl adjacent to an activating group) is 1. The second-order valence-electron chi connectivity index (χ2n) is 2.47. The number of amides is 1. The molecule has 1 unspecified atom stereocenters. The Kier molecular flexibility index (Phi) is 3.74. The maximum Gasteiger partial charge on any atom is 0.291 e. The van der Waals surface area contributed by atoms with Crippen LogP contribution in [0.1, 0.15) is 13.8 Å². The molecule has 0 radical (unpaired) electrons. The molecule has 0 aromatic carbocycles. The molecule has 0 aliphatic heterocycles. The number of rotatable bonds is 3. The first kappa shape index (κ1) is 10.1. The van der Waals surface area contributed by atoms with E-state index < -0.39 is 17.7 Å². The lowest BCUT2D eigenvalue weighted by Gasteiger charge is -2.14. The zero-order valence-electron chi connectivity index (χ0n) is 7.13. The maximum atomic E-state index is 11.0. The van der Waals surface area contributed by atoms with Crippen LogP contribution in [0.4, 0.5) is 0 Å². The number of nitrogens with two attached hydrogens (primary N) is 1. The van der Waals surface area contributed by atoms with E-state index in [1.54, 1.807) is 14.0 Å². The number of hydrogen-bond donors (Lipinski definition) is 1. The second kappa shape index (κ2) is 4.08. The third kappa shape index (κ3) is 2.67. The van der Waals surface area contributed by atoms with Gasteiger partial charge in [-0.05, 0) is 13.8 Å². The summed E-state index contributed by atoms with van der Waals surface area (Å²) in [5.41, 5.74) is 5.23. The van der Waals surface area contributed by atoms with E-state index in [1.807, 2.05) is 0 Å². The summed E-state index contributed by atoms with van der Waals surface area (Å²) in [4.78, 5) is 23.3. The predicted molar refractivity (Wildman–Crippen MR) is 42.0 cm³/mol. The van der Waals surface area contributed by atoms with Gasteiger partial charge in [-0.3, -0.25) is 9.59 Å². The van der Waals surface area contributed by atoms with Gasteiger partial charge in [-0.15, -0.1) is 0 Å². The molecule has 0 aromatic heterocycles. The summed E-state index contributed by atoms with van der Waals surface area (Å²) in [6.45, 7) is 3.83. The zero-order chi connectivity index (χ0) is 9.02. The highest BCUT2D eigenvalue weighted by molar-refractivity contribution is 6.37. The van der Waals surface area contributed by atoms with Crippen molar-refractivity contribution < 1.29 is 9.59 Å². The third-order valence-electron chi connectivity index (χ3n) is 1.45.